The summed E-state index contributed by atoms with van der Waals surface area (Å²) in [6, 6.07) is 2.53. The van der Waals surface area contributed by atoms with E-state index in [1.54, 1.807) is 6.92 Å². The van der Waals surface area contributed by atoms with Crippen LogP contribution in [0.4, 0.5) is 4.39 Å². The summed E-state index contributed by atoms with van der Waals surface area (Å²) in [5.41, 5.74) is 0.368. The van der Waals surface area contributed by atoms with Crippen LogP contribution in [0.25, 0.3) is 0 Å². The second-order valence-electron chi connectivity index (χ2n) is 3.82. The molecule has 0 fully saturated rings. The highest BCUT2D eigenvalue weighted by atomic mass is 19.1. The van der Waals surface area contributed by atoms with Crippen molar-refractivity contribution in [3.05, 3.63) is 29.8 Å². The molecule has 0 aromatic carbocycles. The predicted molar refractivity (Wildman–Crippen MR) is 62.1 cm³/mol. The number of hydrogen-bond donors (Lipinski definition) is 2. The molecule has 0 saturated carbocycles. The van der Waals surface area contributed by atoms with Gasteiger partial charge in [0, 0.05) is 18.7 Å². The van der Waals surface area contributed by atoms with Crippen molar-refractivity contribution in [1.82, 2.24) is 4.98 Å². The van der Waals surface area contributed by atoms with Crippen molar-refractivity contribution >= 4 is 11.9 Å². The Morgan fingerprint density at radius 2 is 2.00 bits per heavy atom. The van der Waals surface area contributed by atoms with E-state index >= 15 is 0 Å². The Bertz CT molecular complexity index is 434. The van der Waals surface area contributed by atoms with Gasteiger partial charge in [0.15, 0.2) is 5.92 Å². The fourth-order valence-electron chi connectivity index (χ4n) is 1.64. The molecule has 0 bridgehead atoms. The maximum absolute atomic E-state index is 12.7. The molecule has 1 atom stereocenters. The molecule has 1 aromatic heterocycles. The third-order valence-electron chi connectivity index (χ3n) is 2.48. The maximum atomic E-state index is 12.7. The van der Waals surface area contributed by atoms with Crippen LogP contribution in [0, 0.1) is 11.7 Å². The summed E-state index contributed by atoms with van der Waals surface area (Å²) >= 11 is 0. The molecular weight excluding hydrogens is 257 g/mol. The van der Waals surface area contributed by atoms with Gasteiger partial charge >= 0.3 is 11.9 Å². The lowest BCUT2D eigenvalue weighted by atomic mass is 9.98. The van der Waals surface area contributed by atoms with Crippen LogP contribution in [-0.4, -0.2) is 39.8 Å². The van der Waals surface area contributed by atoms with E-state index < -0.39 is 29.8 Å². The molecule has 0 spiro atoms. The second kappa shape index (κ2) is 6.79. The molecule has 1 rings (SSSR count). The molecule has 0 aliphatic carbocycles. The van der Waals surface area contributed by atoms with Gasteiger partial charge in [-0.05, 0) is 19.1 Å². The summed E-state index contributed by atoms with van der Waals surface area (Å²) in [5.74, 6) is -5.17. The Balaban J connectivity index is 2.90. The third kappa shape index (κ3) is 4.29. The standard InChI is InChI=1S/C12H14FNO5/c1-2-19-9(10(11(15)16)12(17)18)5-8-4-3-7(13)6-14-8/h3-4,6,9-10H,2,5H2,1H3,(H,15,16)(H,17,18). The number of rotatable bonds is 7. The molecule has 0 radical (unpaired) electrons. The first-order chi connectivity index (χ1) is 8.95. The number of halogens is 1. The zero-order valence-electron chi connectivity index (χ0n) is 10.2. The largest absolute Gasteiger partial charge is 0.481 e. The van der Waals surface area contributed by atoms with Gasteiger partial charge in [0.2, 0.25) is 0 Å². The number of ether oxygens (including phenoxy) is 1. The Kier molecular flexibility index (Phi) is 5.37. The van der Waals surface area contributed by atoms with Crippen LogP contribution in [0.5, 0.6) is 0 Å². The molecule has 19 heavy (non-hydrogen) atoms. The number of pyridine rings is 1. The van der Waals surface area contributed by atoms with Gasteiger partial charge in [-0.3, -0.25) is 14.6 Å². The third-order valence-corrected chi connectivity index (χ3v) is 2.48. The number of hydrogen-bond acceptors (Lipinski definition) is 4. The summed E-state index contributed by atoms with van der Waals surface area (Å²) in [5, 5.41) is 17.8. The minimum absolute atomic E-state index is 0.0165. The smallest absolute Gasteiger partial charge is 0.320 e. The lowest BCUT2D eigenvalue weighted by Crippen LogP contribution is -2.38. The van der Waals surface area contributed by atoms with Crippen LogP contribution in [0.3, 0.4) is 0 Å². The van der Waals surface area contributed by atoms with Crippen LogP contribution in [-0.2, 0) is 20.7 Å². The molecule has 1 heterocycles. The predicted octanol–water partition coefficient (Wildman–Crippen LogP) is 0.954. The number of aliphatic carboxylic acids is 2. The highest BCUT2D eigenvalue weighted by molar-refractivity contribution is 5.93. The van der Waals surface area contributed by atoms with E-state index in [0.29, 0.717) is 5.69 Å². The van der Waals surface area contributed by atoms with Crippen LogP contribution in [0.2, 0.25) is 0 Å². The number of aromatic nitrogens is 1. The minimum atomic E-state index is -1.69. The molecule has 1 aromatic rings. The average molecular weight is 271 g/mol. The van der Waals surface area contributed by atoms with Crippen LogP contribution < -0.4 is 0 Å². The summed E-state index contributed by atoms with van der Waals surface area (Å²) in [7, 11) is 0. The van der Waals surface area contributed by atoms with Gasteiger partial charge in [-0.1, -0.05) is 0 Å². The number of nitrogens with zero attached hydrogens (tertiary/aromatic N) is 1. The van der Waals surface area contributed by atoms with E-state index in [0.717, 1.165) is 6.20 Å². The quantitative estimate of drug-likeness (QED) is 0.717. The van der Waals surface area contributed by atoms with Crippen molar-refractivity contribution in [2.24, 2.45) is 5.92 Å². The van der Waals surface area contributed by atoms with E-state index in [2.05, 4.69) is 4.98 Å². The van der Waals surface area contributed by atoms with Gasteiger partial charge in [-0.2, -0.15) is 0 Å². The van der Waals surface area contributed by atoms with Crippen molar-refractivity contribution in [3.63, 3.8) is 0 Å². The average Bonchev–Trinajstić information content (AvgIpc) is 2.31. The lowest BCUT2D eigenvalue weighted by molar-refractivity contribution is -0.161. The van der Waals surface area contributed by atoms with E-state index in [1.807, 2.05) is 0 Å². The molecule has 6 nitrogen and oxygen atoms in total. The fraction of sp³-hybridized carbons (Fsp3) is 0.417. The van der Waals surface area contributed by atoms with E-state index in [1.165, 1.54) is 12.1 Å². The molecule has 1 unspecified atom stereocenters. The van der Waals surface area contributed by atoms with Gasteiger partial charge in [0.1, 0.15) is 5.82 Å². The Labute approximate surface area is 108 Å². The van der Waals surface area contributed by atoms with Gasteiger partial charge in [0.25, 0.3) is 0 Å². The summed E-state index contributed by atoms with van der Waals surface area (Å²) < 4.78 is 17.9. The van der Waals surface area contributed by atoms with Crippen molar-refractivity contribution in [3.8, 4) is 0 Å². The van der Waals surface area contributed by atoms with Crippen LogP contribution in [0.15, 0.2) is 18.3 Å². The monoisotopic (exact) mass is 271 g/mol. The van der Waals surface area contributed by atoms with Crippen LogP contribution in [0.1, 0.15) is 12.6 Å². The highest BCUT2D eigenvalue weighted by Crippen LogP contribution is 2.15. The van der Waals surface area contributed by atoms with Crippen molar-refractivity contribution in [1.29, 1.82) is 0 Å². The molecule has 0 aliphatic rings. The number of carboxylic acid groups (broad SMARTS) is 2. The number of carbonyl (C=O) groups is 2. The zero-order chi connectivity index (χ0) is 14.4. The molecule has 2 N–H and O–H groups in total. The Hall–Kier alpha value is -2.02. The van der Waals surface area contributed by atoms with E-state index in [-0.39, 0.29) is 13.0 Å². The Morgan fingerprint density at radius 1 is 1.37 bits per heavy atom. The highest BCUT2D eigenvalue weighted by Gasteiger charge is 2.35. The lowest BCUT2D eigenvalue weighted by Gasteiger charge is -2.20. The summed E-state index contributed by atoms with van der Waals surface area (Å²) in [6.45, 7) is 1.80. The van der Waals surface area contributed by atoms with Crippen LogP contribution >= 0.6 is 0 Å². The van der Waals surface area contributed by atoms with E-state index in [9.17, 15) is 14.0 Å². The molecule has 0 amide bonds. The first-order valence-electron chi connectivity index (χ1n) is 5.63. The van der Waals surface area contributed by atoms with Gasteiger partial charge in [-0.25, -0.2) is 4.39 Å². The topological polar surface area (TPSA) is 96.7 Å². The molecule has 0 aliphatic heterocycles. The van der Waals surface area contributed by atoms with Gasteiger partial charge < -0.3 is 14.9 Å². The van der Waals surface area contributed by atoms with Gasteiger partial charge in [0.05, 0.1) is 12.3 Å². The summed E-state index contributed by atoms with van der Waals surface area (Å²) in [6.07, 6.45) is -0.0929. The number of carboxylic acids is 2. The molecule has 0 saturated heterocycles. The molecular formula is C12H14FNO5. The first-order valence-corrected chi connectivity index (χ1v) is 5.63. The van der Waals surface area contributed by atoms with Gasteiger partial charge in [-0.15, -0.1) is 0 Å². The second-order valence-corrected chi connectivity index (χ2v) is 3.82. The maximum Gasteiger partial charge on any atom is 0.320 e. The van der Waals surface area contributed by atoms with Crippen molar-refractivity contribution in [2.45, 2.75) is 19.4 Å². The zero-order valence-corrected chi connectivity index (χ0v) is 10.2. The minimum Gasteiger partial charge on any atom is -0.481 e. The summed E-state index contributed by atoms with van der Waals surface area (Å²) in [4.78, 5) is 25.7. The first kappa shape index (κ1) is 15.0. The Morgan fingerprint density at radius 3 is 2.42 bits per heavy atom. The van der Waals surface area contributed by atoms with Crippen molar-refractivity contribution < 1.29 is 28.9 Å². The molecule has 104 valence electrons. The molecule has 7 heteroatoms. The fourth-order valence-corrected chi connectivity index (χ4v) is 1.64. The normalized spacial score (nSPS) is 12.4. The van der Waals surface area contributed by atoms with E-state index in [4.69, 9.17) is 14.9 Å². The SMILES string of the molecule is CCOC(Cc1ccc(F)cn1)C(C(=O)O)C(=O)O. The van der Waals surface area contributed by atoms with Crippen molar-refractivity contribution in [2.75, 3.05) is 6.61 Å².